The van der Waals surface area contributed by atoms with E-state index in [1.165, 1.54) is 72.0 Å². The Kier molecular flexibility index (Phi) is 8.20. The second-order valence-corrected chi connectivity index (χ2v) is 17.4. The van der Waals surface area contributed by atoms with E-state index in [-0.39, 0.29) is 5.41 Å². The second-order valence-electron chi connectivity index (χ2n) is 17.4. The quantitative estimate of drug-likeness (QED) is 0.160. The summed E-state index contributed by atoms with van der Waals surface area (Å²) in [6.07, 6.45) is 1.05. The molecule has 4 nitrogen and oxygen atoms in total. The number of likely N-dealkylation sites (N-methyl/N-ethyl adjacent to an activating group) is 1. The number of aromatic nitrogens is 1. The zero-order valence-electron chi connectivity index (χ0n) is 35.1. The van der Waals surface area contributed by atoms with Gasteiger partial charge >= 0.3 is 0 Å². The van der Waals surface area contributed by atoms with Crippen LogP contribution >= 0.6 is 0 Å². The number of hydrogen-bond acceptors (Lipinski definition) is 3. The van der Waals surface area contributed by atoms with Crippen molar-refractivity contribution in [1.29, 1.82) is 0 Å². The Morgan fingerprint density at radius 2 is 1.21 bits per heavy atom. The lowest BCUT2D eigenvalue weighted by atomic mass is 9.81. The molecular weight excluding hydrogens is 755 g/mol. The standard InChI is InChI=1S/C58H45N3O/c1-58(2)50-23-12-10-21-48(50)56-49(47-22-14-17-40-33-34-59(3)57(40)47)36-44(37-51(56)58)60(43-28-25-39(26-29-43)38-15-6-4-7-16-38)55-32-31-54(62-55)41-27-30-46-45-20-11-13-24-52(45)61(53(46)35-41)42-18-8-5-9-19-42/h4-32,35-37H,33-34H2,1-3H3. The summed E-state index contributed by atoms with van der Waals surface area (Å²) >= 11 is 0. The van der Waals surface area contributed by atoms with Gasteiger partial charge in [0, 0.05) is 64.0 Å². The number of fused-ring (bicyclic) bond motifs is 7. The van der Waals surface area contributed by atoms with Gasteiger partial charge in [0.05, 0.1) is 16.7 Å². The minimum Gasteiger partial charge on any atom is -0.440 e. The average molecular weight is 800 g/mol. The molecule has 0 spiro atoms. The van der Waals surface area contributed by atoms with Crippen molar-refractivity contribution in [3.8, 4) is 50.4 Å². The first-order chi connectivity index (χ1) is 30.4. The smallest absolute Gasteiger partial charge is 0.205 e. The molecule has 298 valence electrons. The SMILES string of the molecule is CN1CCc2cccc(-c3cc(N(c4ccc(-c5ccccc5)cc4)c4ccc(-c5ccc6c7ccccc7n(-c7ccccc7)c6c5)o4)cc4c3-c3ccccc3C4(C)C)c21. The number of anilines is 4. The summed E-state index contributed by atoms with van der Waals surface area (Å²) in [4.78, 5) is 4.75. The number of benzene rings is 8. The summed E-state index contributed by atoms with van der Waals surface area (Å²) in [5.41, 5.74) is 19.3. The lowest BCUT2D eigenvalue weighted by Crippen LogP contribution is -2.17. The van der Waals surface area contributed by atoms with Crippen molar-refractivity contribution in [2.24, 2.45) is 0 Å². The molecule has 12 rings (SSSR count). The zero-order chi connectivity index (χ0) is 41.5. The highest BCUT2D eigenvalue weighted by Crippen LogP contribution is 2.56. The molecule has 0 saturated heterocycles. The van der Waals surface area contributed by atoms with E-state index >= 15 is 0 Å². The van der Waals surface area contributed by atoms with Crippen molar-refractivity contribution >= 4 is 44.8 Å². The Morgan fingerprint density at radius 1 is 0.516 bits per heavy atom. The van der Waals surface area contributed by atoms with Gasteiger partial charge in [-0.1, -0.05) is 147 Å². The third-order valence-electron chi connectivity index (χ3n) is 13.4. The van der Waals surface area contributed by atoms with Gasteiger partial charge in [0.1, 0.15) is 5.76 Å². The van der Waals surface area contributed by atoms with Crippen molar-refractivity contribution in [1.82, 2.24) is 4.57 Å². The first-order valence-electron chi connectivity index (χ1n) is 21.7. The Hall–Kier alpha value is -7.56. The number of para-hydroxylation sites is 3. The van der Waals surface area contributed by atoms with Crippen molar-refractivity contribution in [2.75, 3.05) is 23.4 Å². The molecule has 3 heterocycles. The summed E-state index contributed by atoms with van der Waals surface area (Å²) in [7, 11) is 2.24. The molecule has 1 aliphatic carbocycles. The zero-order valence-corrected chi connectivity index (χ0v) is 35.1. The van der Waals surface area contributed by atoms with Crippen LogP contribution in [0.15, 0.2) is 199 Å². The molecular formula is C58H45N3O. The molecule has 0 saturated carbocycles. The highest BCUT2D eigenvalue weighted by molar-refractivity contribution is 6.10. The van der Waals surface area contributed by atoms with E-state index in [4.69, 9.17) is 4.42 Å². The molecule has 10 aromatic rings. The van der Waals surface area contributed by atoms with Gasteiger partial charge in [-0.25, -0.2) is 0 Å². The van der Waals surface area contributed by atoms with Crippen molar-refractivity contribution < 1.29 is 4.42 Å². The summed E-state index contributed by atoms with van der Waals surface area (Å²) in [6, 6.07) is 70.5. The largest absolute Gasteiger partial charge is 0.440 e. The Balaban J connectivity index is 1.06. The van der Waals surface area contributed by atoms with E-state index in [2.05, 4.69) is 229 Å². The van der Waals surface area contributed by atoms with Crippen LogP contribution in [0.5, 0.6) is 0 Å². The molecule has 8 aromatic carbocycles. The maximum absolute atomic E-state index is 7.10. The molecule has 0 amide bonds. The maximum atomic E-state index is 7.10. The van der Waals surface area contributed by atoms with Crippen LogP contribution < -0.4 is 9.80 Å². The molecule has 0 radical (unpaired) electrons. The van der Waals surface area contributed by atoms with Crippen LogP contribution in [0.2, 0.25) is 0 Å². The van der Waals surface area contributed by atoms with Crippen LogP contribution in [0.3, 0.4) is 0 Å². The van der Waals surface area contributed by atoms with E-state index in [1.54, 1.807) is 0 Å². The molecule has 62 heavy (non-hydrogen) atoms. The van der Waals surface area contributed by atoms with Gasteiger partial charge in [-0.05, 0) is 106 Å². The predicted molar refractivity (Wildman–Crippen MR) is 259 cm³/mol. The lowest BCUT2D eigenvalue weighted by Gasteiger charge is -2.28. The number of hydrogen-bond donors (Lipinski definition) is 0. The van der Waals surface area contributed by atoms with Gasteiger partial charge in [0.15, 0.2) is 0 Å². The van der Waals surface area contributed by atoms with Gasteiger partial charge in [0.25, 0.3) is 0 Å². The van der Waals surface area contributed by atoms with Crippen LogP contribution in [-0.2, 0) is 11.8 Å². The van der Waals surface area contributed by atoms with E-state index in [0.717, 1.165) is 52.8 Å². The molecule has 0 bridgehead atoms. The van der Waals surface area contributed by atoms with Gasteiger partial charge in [-0.2, -0.15) is 0 Å². The highest BCUT2D eigenvalue weighted by atomic mass is 16.4. The minimum atomic E-state index is -0.218. The van der Waals surface area contributed by atoms with Crippen LogP contribution in [0, 0.1) is 0 Å². The fourth-order valence-corrected chi connectivity index (χ4v) is 10.4. The maximum Gasteiger partial charge on any atom is 0.205 e. The molecule has 1 aliphatic heterocycles. The van der Waals surface area contributed by atoms with Crippen LogP contribution in [-0.4, -0.2) is 18.2 Å². The molecule has 0 N–H and O–H groups in total. The summed E-state index contributed by atoms with van der Waals surface area (Å²) in [5, 5.41) is 2.45. The van der Waals surface area contributed by atoms with Crippen LogP contribution in [0.1, 0.15) is 30.5 Å². The summed E-state index contributed by atoms with van der Waals surface area (Å²) in [5.74, 6) is 1.57. The van der Waals surface area contributed by atoms with Crippen LogP contribution in [0.4, 0.5) is 22.9 Å². The third-order valence-corrected chi connectivity index (χ3v) is 13.4. The first kappa shape index (κ1) is 36.3. The molecule has 0 unspecified atom stereocenters. The minimum absolute atomic E-state index is 0.218. The lowest BCUT2D eigenvalue weighted by molar-refractivity contribution is 0.588. The number of nitrogens with zero attached hydrogens (tertiary/aromatic N) is 3. The summed E-state index contributed by atoms with van der Waals surface area (Å²) in [6.45, 7) is 5.77. The van der Waals surface area contributed by atoms with Crippen molar-refractivity contribution in [3.63, 3.8) is 0 Å². The molecule has 0 fully saturated rings. The number of rotatable bonds is 7. The van der Waals surface area contributed by atoms with Gasteiger partial charge < -0.3 is 13.9 Å². The fraction of sp³-hybridized carbons (Fsp3) is 0.103. The average Bonchev–Trinajstić information content (AvgIpc) is 4.09. The van der Waals surface area contributed by atoms with Crippen molar-refractivity contribution in [3.05, 3.63) is 211 Å². The summed E-state index contributed by atoms with van der Waals surface area (Å²) < 4.78 is 9.47. The molecule has 0 atom stereocenters. The van der Waals surface area contributed by atoms with E-state index < -0.39 is 0 Å². The van der Waals surface area contributed by atoms with E-state index in [9.17, 15) is 0 Å². The van der Waals surface area contributed by atoms with Crippen LogP contribution in [0.25, 0.3) is 72.2 Å². The monoisotopic (exact) mass is 799 g/mol. The first-order valence-corrected chi connectivity index (χ1v) is 21.7. The topological polar surface area (TPSA) is 24.6 Å². The normalized spacial score (nSPS) is 13.7. The Morgan fingerprint density at radius 3 is 2.05 bits per heavy atom. The molecule has 4 heteroatoms. The molecule has 2 aliphatic rings. The molecule has 2 aromatic heterocycles. The van der Waals surface area contributed by atoms with Crippen molar-refractivity contribution in [2.45, 2.75) is 25.7 Å². The Bertz CT molecular complexity index is 3340. The Labute approximate surface area is 362 Å². The highest BCUT2D eigenvalue weighted by Gasteiger charge is 2.39. The van der Waals surface area contributed by atoms with E-state index in [0.29, 0.717) is 0 Å². The fourth-order valence-electron chi connectivity index (χ4n) is 10.4. The third kappa shape index (κ3) is 5.60. The van der Waals surface area contributed by atoms with Gasteiger partial charge in [0.2, 0.25) is 5.88 Å². The number of furan rings is 1. The second kappa shape index (κ2) is 14.0. The van der Waals surface area contributed by atoms with Gasteiger partial charge in [-0.3, -0.25) is 4.90 Å². The van der Waals surface area contributed by atoms with Gasteiger partial charge in [-0.15, -0.1) is 0 Å². The predicted octanol–water partition coefficient (Wildman–Crippen LogP) is 15.1. The van der Waals surface area contributed by atoms with E-state index in [1.807, 2.05) is 0 Å².